The van der Waals surface area contributed by atoms with Crippen LogP contribution in [0.15, 0.2) is 17.5 Å². The zero-order chi connectivity index (χ0) is 12.4. The summed E-state index contributed by atoms with van der Waals surface area (Å²) in [5.41, 5.74) is 10.6. The summed E-state index contributed by atoms with van der Waals surface area (Å²) in [6.07, 6.45) is 0. The SMILES string of the molecule is Cc1ccc(C)n1NC(=O)c1csc(CN)n1. The number of nitrogens with two attached hydrogens (primary N) is 1. The molecule has 0 radical (unpaired) electrons. The molecule has 0 spiro atoms. The van der Waals surface area contributed by atoms with Gasteiger partial charge in [0, 0.05) is 23.3 Å². The van der Waals surface area contributed by atoms with Crippen LogP contribution in [-0.2, 0) is 6.54 Å². The van der Waals surface area contributed by atoms with Crippen LogP contribution in [0.5, 0.6) is 0 Å². The van der Waals surface area contributed by atoms with E-state index >= 15 is 0 Å². The van der Waals surface area contributed by atoms with Crippen molar-refractivity contribution < 1.29 is 4.79 Å². The van der Waals surface area contributed by atoms with Crippen LogP contribution in [0, 0.1) is 13.8 Å². The van der Waals surface area contributed by atoms with E-state index in [0.29, 0.717) is 12.2 Å². The summed E-state index contributed by atoms with van der Waals surface area (Å²) in [4.78, 5) is 16.1. The molecular weight excluding hydrogens is 236 g/mol. The second kappa shape index (κ2) is 4.68. The number of thiazole rings is 1. The van der Waals surface area contributed by atoms with Crippen LogP contribution >= 0.6 is 11.3 Å². The van der Waals surface area contributed by atoms with Crippen molar-refractivity contribution in [1.29, 1.82) is 0 Å². The molecule has 0 aliphatic heterocycles. The number of carbonyl (C=O) groups excluding carboxylic acids is 1. The zero-order valence-corrected chi connectivity index (χ0v) is 10.5. The van der Waals surface area contributed by atoms with Gasteiger partial charge in [-0.2, -0.15) is 0 Å². The van der Waals surface area contributed by atoms with Gasteiger partial charge >= 0.3 is 0 Å². The molecule has 17 heavy (non-hydrogen) atoms. The molecule has 1 amide bonds. The third kappa shape index (κ3) is 2.37. The first kappa shape index (κ1) is 11.8. The second-order valence-corrected chi connectivity index (χ2v) is 4.67. The first-order chi connectivity index (χ1) is 8.11. The van der Waals surface area contributed by atoms with Crippen molar-refractivity contribution in [3.63, 3.8) is 0 Å². The number of rotatable bonds is 3. The minimum atomic E-state index is -0.219. The van der Waals surface area contributed by atoms with Crippen molar-refractivity contribution in [3.8, 4) is 0 Å². The number of nitrogens with zero attached hydrogens (tertiary/aromatic N) is 2. The Morgan fingerprint density at radius 3 is 2.65 bits per heavy atom. The van der Waals surface area contributed by atoms with Gasteiger partial charge in [0.05, 0.1) is 0 Å². The van der Waals surface area contributed by atoms with Gasteiger partial charge in [-0.25, -0.2) is 4.98 Å². The molecule has 2 rings (SSSR count). The quantitative estimate of drug-likeness (QED) is 0.865. The predicted molar refractivity (Wildman–Crippen MR) is 67.6 cm³/mol. The van der Waals surface area contributed by atoms with Gasteiger partial charge in [0.15, 0.2) is 0 Å². The number of aromatic nitrogens is 2. The first-order valence-electron chi connectivity index (χ1n) is 5.22. The van der Waals surface area contributed by atoms with Gasteiger partial charge in [0.1, 0.15) is 10.7 Å². The molecule has 6 heteroatoms. The fourth-order valence-corrected chi connectivity index (χ4v) is 2.17. The Bertz CT molecular complexity index is 524. The van der Waals surface area contributed by atoms with E-state index in [4.69, 9.17) is 5.73 Å². The van der Waals surface area contributed by atoms with Gasteiger partial charge in [-0.1, -0.05) is 0 Å². The highest BCUT2D eigenvalue weighted by molar-refractivity contribution is 7.09. The normalized spacial score (nSPS) is 10.5. The average molecular weight is 250 g/mol. The van der Waals surface area contributed by atoms with Crippen LogP contribution in [0.25, 0.3) is 0 Å². The minimum Gasteiger partial charge on any atom is -0.325 e. The van der Waals surface area contributed by atoms with Gasteiger partial charge in [0.25, 0.3) is 5.91 Å². The lowest BCUT2D eigenvalue weighted by Crippen LogP contribution is -2.25. The van der Waals surface area contributed by atoms with Crippen LogP contribution in [0.2, 0.25) is 0 Å². The Kier molecular flexibility index (Phi) is 3.26. The lowest BCUT2D eigenvalue weighted by molar-refractivity contribution is 0.100. The first-order valence-corrected chi connectivity index (χ1v) is 6.10. The fraction of sp³-hybridized carbons (Fsp3) is 0.273. The van der Waals surface area contributed by atoms with Crippen molar-refractivity contribution >= 4 is 17.2 Å². The van der Waals surface area contributed by atoms with Crippen molar-refractivity contribution in [2.45, 2.75) is 20.4 Å². The molecule has 0 saturated heterocycles. The molecular formula is C11H14N4OS. The van der Waals surface area contributed by atoms with Crippen molar-refractivity contribution in [1.82, 2.24) is 9.66 Å². The summed E-state index contributed by atoms with van der Waals surface area (Å²) < 4.78 is 1.74. The molecule has 5 nitrogen and oxygen atoms in total. The van der Waals surface area contributed by atoms with Gasteiger partial charge in [0.2, 0.25) is 0 Å². The van der Waals surface area contributed by atoms with E-state index in [1.807, 2.05) is 26.0 Å². The summed E-state index contributed by atoms with van der Waals surface area (Å²) in [6.45, 7) is 4.22. The maximum atomic E-state index is 11.9. The minimum absolute atomic E-state index is 0.219. The lowest BCUT2D eigenvalue weighted by atomic mass is 10.4. The Labute approximate surface area is 103 Å². The molecule has 3 N–H and O–H groups in total. The Morgan fingerprint density at radius 2 is 2.12 bits per heavy atom. The third-order valence-electron chi connectivity index (χ3n) is 2.44. The average Bonchev–Trinajstić information content (AvgIpc) is 2.90. The van der Waals surface area contributed by atoms with Crippen molar-refractivity contribution in [2.24, 2.45) is 5.73 Å². The summed E-state index contributed by atoms with van der Waals surface area (Å²) in [6, 6.07) is 3.89. The van der Waals surface area contributed by atoms with E-state index in [0.717, 1.165) is 16.4 Å². The molecule has 0 aliphatic rings. The summed E-state index contributed by atoms with van der Waals surface area (Å²) in [5.74, 6) is -0.219. The van der Waals surface area contributed by atoms with Gasteiger partial charge in [-0.15, -0.1) is 11.3 Å². The number of hydrogen-bond donors (Lipinski definition) is 2. The monoisotopic (exact) mass is 250 g/mol. The Morgan fingerprint density at radius 1 is 1.47 bits per heavy atom. The molecule has 0 aliphatic carbocycles. The van der Waals surface area contributed by atoms with Crippen LogP contribution in [0.1, 0.15) is 26.9 Å². The number of carbonyl (C=O) groups is 1. The van der Waals surface area contributed by atoms with Crippen LogP contribution in [-0.4, -0.2) is 15.6 Å². The smallest absolute Gasteiger partial charge is 0.289 e. The highest BCUT2D eigenvalue weighted by Crippen LogP contribution is 2.10. The van der Waals surface area contributed by atoms with Gasteiger partial charge in [-0.05, 0) is 26.0 Å². The van der Waals surface area contributed by atoms with Gasteiger partial charge in [-0.3, -0.25) is 14.9 Å². The van der Waals surface area contributed by atoms with E-state index in [1.54, 1.807) is 10.1 Å². The molecule has 2 aromatic rings. The van der Waals surface area contributed by atoms with E-state index < -0.39 is 0 Å². The summed E-state index contributed by atoms with van der Waals surface area (Å²) >= 11 is 1.39. The maximum absolute atomic E-state index is 11.9. The Balaban J connectivity index is 2.17. The van der Waals surface area contributed by atoms with Crippen molar-refractivity contribution in [2.75, 3.05) is 5.43 Å². The highest BCUT2D eigenvalue weighted by Gasteiger charge is 2.11. The zero-order valence-electron chi connectivity index (χ0n) is 9.73. The lowest BCUT2D eigenvalue weighted by Gasteiger charge is -2.09. The van der Waals surface area contributed by atoms with E-state index in [1.165, 1.54) is 11.3 Å². The molecule has 0 fully saturated rings. The largest absolute Gasteiger partial charge is 0.325 e. The van der Waals surface area contributed by atoms with Crippen LogP contribution in [0.4, 0.5) is 0 Å². The topological polar surface area (TPSA) is 72.9 Å². The van der Waals surface area contributed by atoms with Crippen LogP contribution in [0.3, 0.4) is 0 Å². The molecule has 2 aromatic heterocycles. The Hall–Kier alpha value is -1.66. The molecule has 0 saturated carbocycles. The van der Waals surface area contributed by atoms with E-state index in [9.17, 15) is 4.79 Å². The molecule has 0 unspecified atom stereocenters. The number of hydrogen-bond acceptors (Lipinski definition) is 4. The number of nitrogens with one attached hydrogen (secondary N) is 1. The number of amides is 1. The summed E-state index contributed by atoms with van der Waals surface area (Å²) in [5, 5.41) is 2.47. The molecule has 90 valence electrons. The predicted octanol–water partition coefficient (Wildman–Crippen LogP) is 1.40. The molecule has 0 aromatic carbocycles. The second-order valence-electron chi connectivity index (χ2n) is 3.72. The number of aryl methyl sites for hydroxylation is 2. The molecule has 0 atom stereocenters. The maximum Gasteiger partial charge on any atom is 0.289 e. The standard InChI is InChI=1S/C11H14N4OS/c1-7-3-4-8(2)15(7)14-11(16)9-6-17-10(5-12)13-9/h3-4,6H,5,12H2,1-2H3,(H,14,16). The molecule has 0 bridgehead atoms. The van der Waals surface area contributed by atoms with Crippen LogP contribution < -0.4 is 11.2 Å². The molecule has 2 heterocycles. The van der Waals surface area contributed by atoms with Crippen molar-refractivity contribution in [3.05, 3.63) is 39.6 Å². The fourth-order valence-electron chi connectivity index (χ4n) is 1.51. The van der Waals surface area contributed by atoms with E-state index in [2.05, 4.69) is 10.4 Å². The summed E-state index contributed by atoms with van der Waals surface area (Å²) in [7, 11) is 0. The third-order valence-corrected chi connectivity index (χ3v) is 3.31. The van der Waals surface area contributed by atoms with E-state index in [-0.39, 0.29) is 5.91 Å². The highest BCUT2D eigenvalue weighted by atomic mass is 32.1. The van der Waals surface area contributed by atoms with Gasteiger partial charge < -0.3 is 5.73 Å².